The molecule has 1 aromatic heterocycles. The highest BCUT2D eigenvalue weighted by Gasteiger charge is 2.14. The van der Waals surface area contributed by atoms with Gasteiger partial charge in [-0.05, 0) is 36.8 Å². The highest BCUT2D eigenvalue weighted by molar-refractivity contribution is 6.35. The second-order valence-corrected chi connectivity index (χ2v) is 6.70. The highest BCUT2D eigenvalue weighted by atomic mass is 35.5. The summed E-state index contributed by atoms with van der Waals surface area (Å²) < 4.78 is 6.97. The maximum atomic E-state index is 11.9. The standard InChI is InChI=1S/C21H16Cl2N2O2/c1-2-27-21(26)15(11-24)9-16-13-25(20-6-4-3-5-18(16)20)12-14-7-8-17(22)10-19(14)23/h3-10,13H,2,12H2,1H3/b15-9+. The van der Waals surface area contributed by atoms with Gasteiger partial charge in [0, 0.05) is 39.3 Å². The van der Waals surface area contributed by atoms with Crippen molar-refractivity contribution < 1.29 is 9.53 Å². The van der Waals surface area contributed by atoms with E-state index < -0.39 is 5.97 Å². The minimum atomic E-state index is -0.627. The number of fused-ring (bicyclic) bond motifs is 1. The van der Waals surface area contributed by atoms with Crippen LogP contribution in [-0.4, -0.2) is 17.1 Å². The molecule has 6 heteroatoms. The van der Waals surface area contributed by atoms with Crippen LogP contribution in [0.5, 0.6) is 0 Å². The Bertz CT molecular complexity index is 1080. The first-order valence-electron chi connectivity index (χ1n) is 8.34. The van der Waals surface area contributed by atoms with Crippen molar-refractivity contribution in [3.8, 4) is 6.07 Å². The fourth-order valence-electron chi connectivity index (χ4n) is 2.86. The SMILES string of the molecule is CCOC(=O)/C(C#N)=C/c1cn(Cc2ccc(Cl)cc2Cl)c2ccccc12. The average Bonchev–Trinajstić information content (AvgIpc) is 3.00. The van der Waals surface area contributed by atoms with Gasteiger partial charge < -0.3 is 9.30 Å². The fourth-order valence-corrected chi connectivity index (χ4v) is 3.32. The lowest BCUT2D eigenvalue weighted by Gasteiger charge is -2.08. The van der Waals surface area contributed by atoms with E-state index in [0.717, 1.165) is 22.0 Å². The van der Waals surface area contributed by atoms with Gasteiger partial charge in [-0.15, -0.1) is 0 Å². The summed E-state index contributed by atoms with van der Waals surface area (Å²) in [5.41, 5.74) is 2.61. The van der Waals surface area contributed by atoms with Crippen molar-refractivity contribution in [2.45, 2.75) is 13.5 Å². The van der Waals surface area contributed by atoms with Crippen LogP contribution in [0.4, 0.5) is 0 Å². The zero-order chi connectivity index (χ0) is 19.4. The summed E-state index contributed by atoms with van der Waals surface area (Å²) in [5.74, 6) is -0.627. The number of benzene rings is 2. The molecule has 0 atom stereocenters. The molecule has 4 nitrogen and oxygen atoms in total. The normalized spacial score (nSPS) is 11.4. The minimum Gasteiger partial charge on any atom is -0.462 e. The number of nitrogens with zero attached hydrogens (tertiary/aromatic N) is 2. The summed E-state index contributed by atoms with van der Waals surface area (Å²) in [6, 6.07) is 15.1. The van der Waals surface area contributed by atoms with Gasteiger partial charge in [0.25, 0.3) is 0 Å². The number of carbonyl (C=O) groups is 1. The zero-order valence-electron chi connectivity index (χ0n) is 14.6. The Hall–Kier alpha value is -2.74. The number of esters is 1. The van der Waals surface area contributed by atoms with Crippen LogP contribution in [0.25, 0.3) is 17.0 Å². The van der Waals surface area contributed by atoms with Crippen LogP contribution < -0.4 is 0 Å². The first kappa shape index (κ1) is 19.0. The molecule has 3 rings (SSSR count). The van der Waals surface area contributed by atoms with E-state index in [9.17, 15) is 10.1 Å². The Labute approximate surface area is 167 Å². The van der Waals surface area contributed by atoms with Gasteiger partial charge in [-0.25, -0.2) is 4.79 Å². The molecule has 0 spiro atoms. The molecule has 0 bridgehead atoms. The lowest BCUT2D eigenvalue weighted by molar-refractivity contribution is -0.137. The van der Waals surface area contributed by atoms with Crippen molar-refractivity contribution >= 4 is 46.2 Å². The van der Waals surface area contributed by atoms with Crippen LogP contribution in [0.3, 0.4) is 0 Å². The van der Waals surface area contributed by atoms with Crippen LogP contribution in [0.2, 0.25) is 10.0 Å². The van der Waals surface area contributed by atoms with Crippen molar-refractivity contribution in [2.75, 3.05) is 6.61 Å². The van der Waals surface area contributed by atoms with Gasteiger partial charge in [0.05, 0.1) is 6.61 Å². The third kappa shape index (κ3) is 4.16. The molecule has 0 amide bonds. The summed E-state index contributed by atoms with van der Waals surface area (Å²) in [5, 5.41) is 11.4. The van der Waals surface area contributed by atoms with Gasteiger partial charge in [0.2, 0.25) is 0 Å². The van der Waals surface area contributed by atoms with Crippen molar-refractivity contribution in [1.29, 1.82) is 5.26 Å². The third-order valence-corrected chi connectivity index (χ3v) is 4.68. The summed E-state index contributed by atoms with van der Waals surface area (Å²) in [6.07, 6.45) is 3.45. The molecular formula is C21H16Cl2N2O2. The van der Waals surface area contributed by atoms with E-state index in [1.807, 2.05) is 47.2 Å². The Morgan fingerprint density at radius 2 is 2.04 bits per heavy atom. The molecular weight excluding hydrogens is 383 g/mol. The lowest BCUT2D eigenvalue weighted by atomic mass is 10.1. The quantitative estimate of drug-likeness (QED) is 0.325. The van der Waals surface area contributed by atoms with Crippen molar-refractivity contribution in [3.05, 3.63) is 75.4 Å². The first-order valence-corrected chi connectivity index (χ1v) is 9.09. The Morgan fingerprint density at radius 1 is 1.26 bits per heavy atom. The number of para-hydroxylation sites is 1. The molecule has 0 aliphatic rings. The number of rotatable bonds is 5. The molecule has 1 heterocycles. The molecule has 0 saturated heterocycles. The van der Waals surface area contributed by atoms with Crippen molar-refractivity contribution in [2.24, 2.45) is 0 Å². The summed E-state index contributed by atoms with van der Waals surface area (Å²) in [7, 11) is 0. The summed E-state index contributed by atoms with van der Waals surface area (Å²) in [4.78, 5) is 11.9. The Kier molecular flexibility index (Phi) is 5.85. The van der Waals surface area contributed by atoms with E-state index >= 15 is 0 Å². The number of hydrogen-bond donors (Lipinski definition) is 0. The second-order valence-electron chi connectivity index (χ2n) is 5.86. The smallest absolute Gasteiger partial charge is 0.348 e. The van der Waals surface area contributed by atoms with E-state index in [2.05, 4.69) is 0 Å². The number of ether oxygens (including phenoxy) is 1. The monoisotopic (exact) mass is 398 g/mol. The Balaban J connectivity index is 2.06. The molecule has 2 aromatic carbocycles. The fraction of sp³-hybridized carbons (Fsp3) is 0.143. The maximum absolute atomic E-state index is 11.9. The number of halogens is 2. The molecule has 3 aromatic rings. The predicted octanol–water partition coefficient (Wildman–Crippen LogP) is 5.47. The summed E-state index contributed by atoms with van der Waals surface area (Å²) >= 11 is 12.3. The van der Waals surface area contributed by atoms with Gasteiger partial charge in [-0.3, -0.25) is 0 Å². The second kappa shape index (κ2) is 8.30. The zero-order valence-corrected chi connectivity index (χ0v) is 16.1. The number of hydrogen-bond acceptors (Lipinski definition) is 3. The molecule has 0 N–H and O–H groups in total. The van der Waals surface area contributed by atoms with Crippen LogP contribution >= 0.6 is 23.2 Å². The number of nitriles is 1. The maximum Gasteiger partial charge on any atom is 0.348 e. The van der Waals surface area contributed by atoms with Gasteiger partial charge in [0.15, 0.2) is 0 Å². The van der Waals surface area contributed by atoms with Crippen LogP contribution in [0.15, 0.2) is 54.2 Å². The van der Waals surface area contributed by atoms with E-state index in [1.165, 1.54) is 0 Å². The van der Waals surface area contributed by atoms with E-state index in [-0.39, 0.29) is 12.2 Å². The van der Waals surface area contributed by atoms with Crippen LogP contribution in [0, 0.1) is 11.3 Å². The third-order valence-electron chi connectivity index (χ3n) is 4.09. The average molecular weight is 399 g/mol. The minimum absolute atomic E-state index is 0.0377. The van der Waals surface area contributed by atoms with E-state index in [4.69, 9.17) is 27.9 Å². The molecule has 0 aliphatic heterocycles. The van der Waals surface area contributed by atoms with Crippen LogP contribution in [0.1, 0.15) is 18.1 Å². The molecule has 0 saturated carbocycles. The largest absolute Gasteiger partial charge is 0.462 e. The topological polar surface area (TPSA) is 55.0 Å². The van der Waals surface area contributed by atoms with Crippen molar-refractivity contribution in [3.63, 3.8) is 0 Å². The van der Waals surface area contributed by atoms with Gasteiger partial charge in [-0.1, -0.05) is 47.5 Å². The van der Waals surface area contributed by atoms with Gasteiger partial charge >= 0.3 is 5.97 Å². The molecule has 0 radical (unpaired) electrons. The van der Waals surface area contributed by atoms with Gasteiger partial charge in [-0.2, -0.15) is 5.26 Å². The lowest BCUT2D eigenvalue weighted by Crippen LogP contribution is -2.05. The first-order chi connectivity index (χ1) is 13.0. The molecule has 27 heavy (non-hydrogen) atoms. The highest BCUT2D eigenvalue weighted by Crippen LogP contribution is 2.27. The van der Waals surface area contributed by atoms with E-state index in [1.54, 1.807) is 25.1 Å². The van der Waals surface area contributed by atoms with Crippen molar-refractivity contribution in [1.82, 2.24) is 4.57 Å². The molecule has 0 unspecified atom stereocenters. The predicted molar refractivity (Wildman–Crippen MR) is 108 cm³/mol. The molecule has 136 valence electrons. The van der Waals surface area contributed by atoms with E-state index in [0.29, 0.717) is 16.6 Å². The molecule has 0 aliphatic carbocycles. The Morgan fingerprint density at radius 3 is 2.74 bits per heavy atom. The number of carbonyl (C=O) groups excluding carboxylic acids is 1. The van der Waals surface area contributed by atoms with Crippen LogP contribution in [-0.2, 0) is 16.1 Å². The van der Waals surface area contributed by atoms with Gasteiger partial charge in [0.1, 0.15) is 11.6 Å². The summed E-state index contributed by atoms with van der Waals surface area (Å²) in [6.45, 7) is 2.45. The molecule has 0 fully saturated rings. The number of aromatic nitrogens is 1.